The Hall–Kier alpha value is -4.85. The molecule has 0 spiro atoms. The Morgan fingerprint density at radius 3 is 2.66 bits per heavy atom. The SMILES string of the molecule is Cc1nc2cc(NC(=O)c3ccc4c(c3)OC(F)(F)O4)nn2c(-c2cc(F)c3c(c2C)CCCO3)c1CC(=O)OC(C)(C)O. The van der Waals surface area contributed by atoms with E-state index < -0.39 is 29.8 Å². The molecule has 1 amide bonds. The molecule has 44 heavy (non-hydrogen) atoms. The first-order chi connectivity index (χ1) is 20.7. The van der Waals surface area contributed by atoms with Crippen LogP contribution in [0.2, 0.25) is 0 Å². The average Bonchev–Trinajstić information content (AvgIpc) is 3.47. The van der Waals surface area contributed by atoms with Crippen LogP contribution in [0.5, 0.6) is 17.2 Å². The fourth-order valence-corrected chi connectivity index (χ4v) is 5.34. The van der Waals surface area contributed by atoms with Crippen molar-refractivity contribution >= 4 is 23.3 Å². The maximum absolute atomic E-state index is 15.4. The van der Waals surface area contributed by atoms with Crippen LogP contribution >= 0.6 is 0 Å². The van der Waals surface area contributed by atoms with Gasteiger partial charge in [0.2, 0.25) is 5.79 Å². The number of fused-ring (bicyclic) bond motifs is 3. The minimum absolute atomic E-state index is 0.00544. The molecule has 2 aliphatic rings. The first kappa shape index (κ1) is 29.2. The summed E-state index contributed by atoms with van der Waals surface area (Å²) >= 11 is 0. The van der Waals surface area contributed by atoms with E-state index in [0.29, 0.717) is 53.1 Å². The van der Waals surface area contributed by atoms with Crippen molar-refractivity contribution in [1.29, 1.82) is 0 Å². The van der Waals surface area contributed by atoms with Gasteiger partial charge in [0.05, 0.1) is 18.7 Å². The van der Waals surface area contributed by atoms with Crippen molar-refractivity contribution < 1.29 is 46.8 Å². The number of hydrogen-bond donors (Lipinski definition) is 2. The molecule has 2 aromatic carbocycles. The van der Waals surface area contributed by atoms with Gasteiger partial charge in [-0.15, -0.1) is 13.9 Å². The maximum Gasteiger partial charge on any atom is 0.586 e. The molecule has 0 fully saturated rings. The van der Waals surface area contributed by atoms with Crippen LogP contribution in [-0.2, 0) is 22.4 Å². The fourth-order valence-electron chi connectivity index (χ4n) is 5.34. The van der Waals surface area contributed by atoms with Gasteiger partial charge in [0.1, 0.15) is 0 Å². The summed E-state index contributed by atoms with van der Waals surface area (Å²) in [4.78, 5) is 30.5. The third-order valence-corrected chi connectivity index (χ3v) is 7.19. The Labute approximate surface area is 248 Å². The van der Waals surface area contributed by atoms with Gasteiger partial charge in [-0.2, -0.15) is 0 Å². The third-order valence-electron chi connectivity index (χ3n) is 7.19. The van der Waals surface area contributed by atoms with Crippen molar-refractivity contribution in [3.63, 3.8) is 0 Å². The van der Waals surface area contributed by atoms with Gasteiger partial charge in [-0.25, -0.2) is 13.9 Å². The molecule has 0 saturated heterocycles. The van der Waals surface area contributed by atoms with E-state index in [1.165, 1.54) is 42.6 Å². The lowest BCUT2D eigenvalue weighted by Crippen LogP contribution is -2.28. The zero-order chi connectivity index (χ0) is 31.6. The Morgan fingerprint density at radius 1 is 1.16 bits per heavy atom. The van der Waals surface area contributed by atoms with Crippen LogP contribution in [-0.4, -0.2) is 50.3 Å². The minimum Gasteiger partial charge on any atom is -0.490 e. The molecule has 4 heterocycles. The van der Waals surface area contributed by atoms with Crippen molar-refractivity contribution in [2.75, 3.05) is 11.9 Å². The molecular weight excluding hydrogens is 585 g/mol. The Kier molecular flexibility index (Phi) is 6.91. The smallest absolute Gasteiger partial charge is 0.490 e. The van der Waals surface area contributed by atoms with E-state index >= 15 is 4.39 Å². The fraction of sp³-hybridized carbons (Fsp3) is 0.333. The predicted molar refractivity (Wildman–Crippen MR) is 148 cm³/mol. The summed E-state index contributed by atoms with van der Waals surface area (Å²) in [6, 6.07) is 6.37. The number of carbonyl (C=O) groups excluding carboxylic acids is 2. The molecular formula is C30H27F3N4O7. The number of alkyl halides is 2. The molecule has 14 heteroatoms. The number of nitrogens with zero attached hydrogens (tertiary/aromatic N) is 3. The van der Waals surface area contributed by atoms with Crippen LogP contribution < -0.4 is 19.5 Å². The monoisotopic (exact) mass is 612 g/mol. The standard InChI is InChI=1S/C30H27F3N4O7/c1-14-17-6-5-9-41-27(17)20(31)11-18(14)26-19(12-25(38)44-29(3,4)40)15(2)34-24-13-23(36-37(24)26)35-28(39)16-7-8-21-22(10-16)43-30(32,33)42-21/h7-8,10-11,13,40H,5-6,9,12H2,1-4H3,(H,35,36,39). The second-order valence-electron chi connectivity index (χ2n) is 11.0. The first-order valence-corrected chi connectivity index (χ1v) is 13.7. The quantitative estimate of drug-likeness (QED) is 0.231. The van der Waals surface area contributed by atoms with E-state index in [0.717, 1.165) is 6.07 Å². The number of hydrogen-bond acceptors (Lipinski definition) is 9. The normalized spacial score (nSPS) is 15.1. The molecule has 0 saturated carbocycles. The summed E-state index contributed by atoms with van der Waals surface area (Å²) in [5.41, 5.74) is 3.19. The third kappa shape index (κ3) is 5.48. The van der Waals surface area contributed by atoms with E-state index in [9.17, 15) is 23.5 Å². The zero-order valence-electron chi connectivity index (χ0n) is 24.1. The van der Waals surface area contributed by atoms with Crippen LogP contribution in [0.15, 0.2) is 30.3 Å². The van der Waals surface area contributed by atoms with Gasteiger partial charge in [-0.1, -0.05) is 0 Å². The van der Waals surface area contributed by atoms with E-state index in [4.69, 9.17) is 9.47 Å². The molecule has 11 nitrogen and oxygen atoms in total. The Morgan fingerprint density at radius 2 is 1.91 bits per heavy atom. The second-order valence-corrected chi connectivity index (χ2v) is 11.0. The van der Waals surface area contributed by atoms with E-state index in [1.54, 1.807) is 6.92 Å². The van der Waals surface area contributed by atoms with Gasteiger partial charge in [0.25, 0.3) is 5.91 Å². The van der Waals surface area contributed by atoms with E-state index in [1.807, 2.05) is 6.92 Å². The number of aromatic nitrogens is 3. The Balaban J connectivity index is 1.44. The molecule has 0 atom stereocenters. The lowest BCUT2D eigenvalue weighted by atomic mass is 9.91. The van der Waals surface area contributed by atoms with Crippen LogP contribution in [0, 0.1) is 19.7 Å². The number of nitrogens with one attached hydrogen (secondary N) is 1. The number of esters is 1. The number of rotatable bonds is 6. The molecule has 2 N–H and O–H groups in total. The number of aryl methyl sites for hydroxylation is 1. The summed E-state index contributed by atoms with van der Waals surface area (Å²) < 4.78 is 63.2. The predicted octanol–water partition coefficient (Wildman–Crippen LogP) is 4.87. The molecule has 2 aromatic heterocycles. The number of ether oxygens (including phenoxy) is 4. The lowest BCUT2D eigenvalue weighted by molar-refractivity contribution is -0.286. The van der Waals surface area contributed by atoms with Crippen LogP contribution in [0.4, 0.5) is 19.0 Å². The summed E-state index contributed by atoms with van der Waals surface area (Å²) in [7, 11) is 0. The van der Waals surface area contributed by atoms with Crippen molar-refractivity contribution in [2.24, 2.45) is 0 Å². The van der Waals surface area contributed by atoms with Gasteiger partial charge < -0.3 is 29.4 Å². The molecule has 4 aromatic rings. The van der Waals surface area contributed by atoms with Gasteiger partial charge in [0.15, 0.2) is 34.5 Å². The number of halogens is 3. The molecule has 0 unspecified atom stereocenters. The average molecular weight is 613 g/mol. The van der Waals surface area contributed by atoms with Crippen molar-refractivity contribution in [3.05, 3.63) is 64.1 Å². The number of amides is 1. The van der Waals surface area contributed by atoms with Gasteiger partial charge in [0, 0.05) is 47.9 Å². The van der Waals surface area contributed by atoms with Gasteiger partial charge in [-0.05, 0) is 56.5 Å². The van der Waals surface area contributed by atoms with Crippen LogP contribution in [0.3, 0.4) is 0 Å². The van der Waals surface area contributed by atoms with Gasteiger partial charge in [-0.3, -0.25) is 9.59 Å². The summed E-state index contributed by atoms with van der Waals surface area (Å²) in [6.07, 6.45) is -2.89. The number of anilines is 1. The van der Waals surface area contributed by atoms with Crippen molar-refractivity contribution in [3.8, 4) is 28.5 Å². The molecule has 2 aliphatic heterocycles. The highest BCUT2D eigenvalue weighted by atomic mass is 19.3. The maximum atomic E-state index is 15.4. The number of benzene rings is 2. The summed E-state index contributed by atoms with van der Waals surface area (Å²) in [5, 5.41) is 17.2. The minimum atomic E-state index is -3.84. The first-order valence-electron chi connectivity index (χ1n) is 13.7. The summed E-state index contributed by atoms with van der Waals surface area (Å²) in [6.45, 7) is 6.51. The highest BCUT2D eigenvalue weighted by Crippen LogP contribution is 2.42. The second kappa shape index (κ2) is 10.4. The molecule has 6 rings (SSSR count). The lowest BCUT2D eigenvalue weighted by Gasteiger charge is -2.24. The van der Waals surface area contributed by atoms with Crippen molar-refractivity contribution in [1.82, 2.24) is 14.6 Å². The van der Waals surface area contributed by atoms with Crippen LogP contribution in [0.1, 0.15) is 53.0 Å². The Bertz CT molecular complexity index is 1850. The van der Waals surface area contributed by atoms with Gasteiger partial charge >= 0.3 is 12.3 Å². The largest absolute Gasteiger partial charge is 0.586 e. The highest BCUT2D eigenvalue weighted by Gasteiger charge is 2.43. The molecule has 0 radical (unpaired) electrons. The topological polar surface area (TPSA) is 134 Å². The number of carbonyl (C=O) groups is 2. The molecule has 230 valence electrons. The van der Waals surface area contributed by atoms with Crippen LogP contribution in [0.25, 0.3) is 16.9 Å². The van der Waals surface area contributed by atoms with E-state index in [2.05, 4.69) is 24.9 Å². The molecule has 0 bridgehead atoms. The van der Waals surface area contributed by atoms with Crippen molar-refractivity contribution in [2.45, 2.75) is 59.0 Å². The zero-order valence-corrected chi connectivity index (χ0v) is 24.1. The molecule has 0 aliphatic carbocycles. The summed E-state index contributed by atoms with van der Waals surface area (Å²) in [5.74, 6) is -4.04. The highest BCUT2D eigenvalue weighted by molar-refractivity contribution is 6.04. The van der Waals surface area contributed by atoms with E-state index in [-0.39, 0.29) is 40.7 Å². The number of aliphatic hydroxyl groups is 1.